The molecule has 0 fully saturated rings. The number of hydrogen-bond donors (Lipinski definition) is 2. The Morgan fingerprint density at radius 2 is 1.70 bits per heavy atom. The summed E-state index contributed by atoms with van der Waals surface area (Å²) >= 11 is 0. The molecule has 1 aliphatic rings. The number of nitrogens with zero attached hydrogens (tertiary/aromatic N) is 1. The molecule has 3 aromatic carbocycles. The van der Waals surface area contributed by atoms with E-state index in [2.05, 4.69) is 34.9 Å². The molecule has 7 nitrogen and oxygen atoms in total. The van der Waals surface area contributed by atoms with Gasteiger partial charge < -0.3 is 14.8 Å². The molecule has 2 N–H and O–H groups in total. The molecule has 0 unspecified atom stereocenters. The molecule has 1 heterocycles. The fourth-order valence-corrected chi connectivity index (χ4v) is 3.40. The summed E-state index contributed by atoms with van der Waals surface area (Å²) in [4.78, 5) is 26.2. The Morgan fingerprint density at radius 3 is 2.53 bits per heavy atom. The molecular formula is C23H23N3O4. The van der Waals surface area contributed by atoms with Crippen LogP contribution in [0, 0.1) is 0 Å². The van der Waals surface area contributed by atoms with E-state index >= 15 is 0 Å². The third-order valence-electron chi connectivity index (χ3n) is 4.73. The van der Waals surface area contributed by atoms with Crippen LogP contribution in [0.3, 0.4) is 0 Å². The number of anilines is 1. The van der Waals surface area contributed by atoms with E-state index in [4.69, 9.17) is 9.47 Å². The first kappa shape index (κ1) is 19.7. The number of carbonyl (C=O) groups is 2. The van der Waals surface area contributed by atoms with Crippen molar-refractivity contribution in [2.45, 2.75) is 6.54 Å². The molecule has 0 aromatic heterocycles. The van der Waals surface area contributed by atoms with E-state index in [0.29, 0.717) is 36.9 Å². The number of carbonyl (C=O) groups excluding carboxylic acids is 2. The van der Waals surface area contributed by atoms with Crippen LogP contribution in [0.1, 0.15) is 5.56 Å². The largest absolute Gasteiger partial charge is 0.486 e. The molecule has 4 rings (SSSR count). The highest BCUT2D eigenvalue weighted by Gasteiger charge is 2.14. The highest BCUT2D eigenvalue weighted by Crippen LogP contribution is 2.32. The summed E-state index contributed by atoms with van der Waals surface area (Å²) in [6.07, 6.45) is 0. The van der Waals surface area contributed by atoms with Crippen LogP contribution in [0.5, 0.6) is 11.5 Å². The zero-order valence-corrected chi connectivity index (χ0v) is 16.7. The summed E-state index contributed by atoms with van der Waals surface area (Å²) in [5.74, 6) is 0.826. The molecule has 30 heavy (non-hydrogen) atoms. The number of nitrogens with one attached hydrogen (secondary N) is 2. The molecule has 0 saturated heterocycles. The van der Waals surface area contributed by atoms with Gasteiger partial charge in [-0.3, -0.25) is 15.0 Å². The Bertz CT molecular complexity index is 1080. The van der Waals surface area contributed by atoms with Gasteiger partial charge in [0.15, 0.2) is 11.5 Å². The maximum Gasteiger partial charge on any atom is 0.325 e. The summed E-state index contributed by atoms with van der Waals surface area (Å²) < 4.78 is 10.9. The van der Waals surface area contributed by atoms with Crippen LogP contribution in [0.4, 0.5) is 10.5 Å². The number of fused-ring (bicyclic) bond motifs is 2. The predicted octanol–water partition coefficient (Wildman–Crippen LogP) is 3.39. The summed E-state index contributed by atoms with van der Waals surface area (Å²) in [6, 6.07) is 18.9. The minimum atomic E-state index is -0.587. The fourth-order valence-electron chi connectivity index (χ4n) is 3.40. The van der Waals surface area contributed by atoms with Crippen molar-refractivity contribution < 1.29 is 19.1 Å². The average molecular weight is 405 g/mol. The standard InChI is InChI=1S/C23H23N3O4/c1-26(14-16-6-7-17-4-2-3-5-18(17)12-16)15-22(27)25-23(28)24-19-8-9-20-21(13-19)30-11-10-29-20/h2-9,12-13H,10-11,14-15H2,1H3,(H2,24,25,27,28). The Hall–Kier alpha value is -3.58. The molecule has 7 heteroatoms. The fraction of sp³-hybridized carbons (Fsp3) is 0.217. The lowest BCUT2D eigenvalue weighted by molar-refractivity contribution is -0.120. The minimum absolute atomic E-state index is 0.0986. The lowest BCUT2D eigenvalue weighted by atomic mass is 10.1. The van der Waals surface area contributed by atoms with E-state index in [-0.39, 0.29) is 12.5 Å². The number of rotatable bonds is 5. The van der Waals surface area contributed by atoms with Crippen molar-refractivity contribution in [3.8, 4) is 11.5 Å². The van der Waals surface area contributed by atoms with Crippen molar-refractivity contribution in [3.63, 3.8) is 0 Å². The number of ether oxygens (including phenoxy) is 2. The molecule has 0 bridgehead atoms. The van der Waals surface area contributed by atoms with Gasteiger partial charge in [0.2, 0.25) is 5.91 Å². The number of amides is 3. The molecular weight excluding hydrogens is 382 g/mol. The first-order valence-corrected chi connectivity index (χ1v) is 9.73. The van der Waals surface area contributed by atoms with Crippen molar-refractivity contribution in [1.82, 2.24) is 10.2 Å². The lowest BCUT2D eigenvalue weighted by Gasteiger charge is -2.19. The smallest absolute Gasteiger partial charge is 0.325 e. The van der Waals surface area contributed by atoms with E-state index < -0.39 is 6.03 Å². The number of hydrogen-bond acceptors (Lipinski definition) is 5. The second-order valence-corrected chi connectivity index (χ2v) is 7.21. The van der Waals surface area contributed by atoms with Gasteiger partial charge in [0.25, 0.3) is 0 Å². The molecule has 0 radical (unpaired) electrons. The van der Waals surface area contributed by atoms with Crippen LogP contribution in [0.15, 0.2) is 60.7 Å². The Labute approximate surface area is 174 Å². The number of likely N-dealkylation sites (N-methyl/N-ethyl adjacent to an activating group) is 1. The normalized spacial score (nSPS) is 12.6. The molecule has 154 valence electrons. The van der Waals surface area contributed by atoms with Crippen LogP contribution in [0.2, 0.25) is 0 Å². The van der Waals surface area contributed by atoms with Gasteiger partial charge in [0.1, 0.15) is 13.2 Å². The second-order valence-electron chi connectivity index (χ2n) is 7.21. The van der Waals surface area contributed by atoms with Gasteiger partial charge >= 0.3 is 6.03 Å². The van der Waals surface area contributed by atoms with Gasteiger partial charge in [0, 0.05) is 18.3 Å². The summed E-state index contributed by atoms with van der Waals surface area (Å²) in [5.41, 5.74) is 1.62. The highest BCUT2D eigenvalue weighted by atomic mass is 16.6. The summed E-state index contributed by atoms with van der Waals surface area (Å²) in [7, 11) is 1.84. The third kappa shape index (κ3) is 4.87. The van der Waals surface area contributed by atoms with Crippen LogP contribution >= 0.6 is 0 Å². The van der Waals surface area contributed by atoms with Crippen LogP contribution in [-0.2, 0) is 11.3 Å². The van der Waals surface area contributed by atoms with E-state index in [0.717, 1.165) is 10.9 Å². The highest BCUT2D eigenvalue weighted by molar-refractivity contribution is 6.01. The topological polar surface area (TPSA) is 79.9 Å². The van der Waals surface area contributed by atoms with Crippen molar-refractivity contribution in [2.24, 2.45) is 0 Å². The zero-order chi connectivity index (χ0) is 20.9. The molecule has 3 amide bonds. The number of urea groups is 1. The molecule has 0 spiro atoms. The van der Waals surface area contributed by atoms with Crippen molar-refractivity contribution in [2.75, 3.05) is 32.1 Å². The average Bonchev–Trinajstić information content (AvgIpc) is 2.73. The van der Waals surface area contributed by atoms with Gasteiger partial charge in [-0.1, -0.05) is 36.4 Å². The van der Waals surface area contributed by atoms with Crippen molar-refractivity contribution in [1.29, 1.82) is 0 Å². The first-order chi connectivity index (χ1) is 14.6. The Balaban J connectivity index is 1.28. The van der Waals surface area contributed by atoms with Gasteiger partial charge in [-0.2, -0.15) is 0 Å². The maximum atomic E-state index is 12.2. The van der Waals surface area contributed by atoms with Crippen molar-refractivity contribution in [3.05, 3.63) is 66.2 Å². The number of benzene rings is 3. The SMILES string of the molecule is CN(CC(=O)NC(=O)Nc1ccc2c(c1)OCCO2)Cc1ccc2ccccc2c1. The second kappa shape index (κ2) is 8.84. The molecule has 0 saturated carbocycles. The first-order valence-electron chi connectivity index (χ1n) is 9.73. The summed E-state index contributed by atoms with van der Waals surface area (Å²) in [6.45, 7) is 1.66. The number of imide groups is 1. The van der Waals surface area contributed by atoms with E-state index in [1.165, 1.54) is 5.39 Å². The van der Waals surface area contributed by atoms with Gasteiger partial charge in [-0.05, 0) is 41.6 Å². The van der Waals surface area contributed by atoms with Crippen LogP contribution in [0.25, 0.3) is 10.8 Å². The molecule has 0 aliphatic carbocycles. The van der Waals surface area contributed by atoms with Crippen LogP contribution < -0.4 is 20.1 Å². The van der Waals surface area contributed by atoms with E-state index in [1.807, 2.05) is 30.1 Å². The van der Waals surface area contributed by atoms with Gasteiger partial charge in [-0.15, -0.1) is 0 Å². The lowest BCUT2D eigenvalue weighted by Crippen LogP contribution is -2.40. The quantitative estimate of drug-likeness (QED) is 0.680. The predicted molar refractivity (Wildman–Crippen MR) is 115 cm³/mol. The maximum absolute atomic E-state index is 12.2. The van der Waals surface area contributed by atoms with Gasteiger partial charge in [0.05, 0.1) is 6.54 Å². The minimum Gasteiger partial charge on any atom is -0.486 e. The Morgan fingerprint density at radius 1 is 0.933 bits per heavy atom. The Kier molecular flexibility index (Phi) is 5.81. The molecule has 1 aliphatic heterocycles. The van der Waals surface area contributed by atoms with E-state index in [1.54, 1.807) is 18.2 Å². The van der Waals surface area contributed by atoms with E-state index in [9.17, 15) is 9.59 Å². The van der Waals surface area contributed by atoms with Gasteiger partial charge in [-0.25, -0.2) is 4.79 Å². The zero-order valence-electron chi connectivity index (χ0n) is 16.7. The van der Waals surface area contributed by atoms with Crippen LogP contribution in [-0.4, -0.2) is 43.6 Å². The van der Waals surface area contributed by atoms with Crippen molar-refractivity contribution >= 4 is 28.4 Å². The monoisotopic (exact) mass is 405 g/mol. The molecule has 3 aromatic rings. The molecule has 0 atom stereocenters. The third-order valence-corrected chi connectivity index (χ3v) is 4.73. The summed E-state index contributed by atoms with van der Waals surface area (Å²) in [5, 5.41) is 7.33.